The fourth-order valence-corrected chi connectivity index (χ4v) is 5.62. The van der Waals surface area contributed by atoms with Gasteiger partial charge in [-0.1, -0.05) is 0 Å². The molecule has 0 amide bonds. The Balaban J connectivity index is 1.65. The van der Waals surface area contributed by atoms with Gasteiger partial charge < -0.3 is 15.2 Å². The van der Waals surface area contributed by atoms with Crippen LogP contribution in [0, 0.1) is 11.3 Å². The summed E-state index contributed by atoms with van der Waals surface area (Å²) in [6.45, 7) is -2.49. The van der Waals surface area contributed by atoms with E-state index in [2.05, 4.69) is 26.1 Å². The molecule has 1 unspecified atom stereocenters. The van der Waals surface area contributed by atoms with E-state index in [4.69, 9.17) is 0 Å². The summed E-state index contributed by atoms with van der Waals surface area (Å²) >= 11 is 1.45. The number of nitrogens with one attached hydrogen (secondary N) is 1. The highest BCUT2D eigenvalue weighted by Crippen LogP contribution is 2.26. The number of nitriles is 1. The van der Waals surface area contributed by atoms with E-state index >= 15 is 0 Å². The molecule has 184 valence electrons. The third-order valence-electron chi connectivity index (χ3n) is 5.46. The van der Waals surface area contributed by atoms with Crippen LogP contribution in [0.2, 0.25) is 0 Å². The Morgan fingerprint density at radius 1 is 1.32 bits per heavy atom. The van der Waals surface area contributed by atoms with Gasteiger partial charge in [0, 0.05) is 24.4 Å². The molecule has 0 radical (unpaired) electrons. The molecule has 1 fully saturated rings. The number of aromatic nitrogens is 2. The van der Waals surface area contributed by atoms with Gasteiger partial charge in [0.05, 0.1) is 35.5 Å². The molecule has 13 heteroatoms. The summed E-state index contributed by atoms with van der Waals surface area (Å²) in [5.41, 5.74) is 0.976. The zero-order valence-corrected chi connectivity index (χ0v) is 20.0. The Morgan fingerprint density at radius 2 is 2.00 bits per heavy atom. The monoisotopic (exact) mass is 513 g/mol. The van der Waals surface area contributed by atoms with E-state index in [0.717, 1.165) is 12.4 Å². The van der Waals surface area contributed by atoms with Crippen molar-refractivity contribution in [2.24, 2.45) is 0 Å². The van der Waals surface area contributed by atoms with Gasteiger partial charge in [-0.15, -0.1) is 0 Å². The smallest absolute Gasteiger partial charge is 0.387 e. The second-order valence-electron chi connectivity index (χ2n) is 7.62. The Morgan fingerprint density at radius 3 is 2.56 bits per heavy atom. The predicted molar refractivity (Wildman–Crippen MR) is 123 cm³/mol. The molecule has 2 N–H and O–H groups in total. The number of aliphatic hydroxyl groups excluding tert-OH is 1. The van der Waals surface area contributed by atoms with E-state index in [9.17, 15) is 27.6 Å². The fraction of sp³-hybridized carbons (Fsp3) is 0.476. The molecule has 1 saturated heterocycles. The van der Waals surface area contributed by atoms with Crippen LogP contribution in [0.4, 0.5) is 14.7 Å². The largest absolute Gasteiger partial charge is 0.432 e. The molecule has 9 nitrogen and oxygen atoms in total. The zero-order valence-electron chi connectivity index (χ0n) is 18.4. The van der Waals surface area contributed by atoms with Crippen molar-refractivity contribution in [2.45, 2.75) is 42.1 Å². The van der Waals surface area contributed by atoms with Crippen molar-refractivity contribution in [3.8, 4) is 11.8 Å². The lowest BCUT2D eigenvalue weighted by molar-refractivity contribution is -0.0503. The average molecular weight is 514 g/mol. The van der Waals surface area contributed by atoms with Crippen molar-refractivity contribution in [3.05, 3.63) is 41.7 Å². The summed E-state index contributed by atoms with van der Waals surface area (Å²) in [7, 11) is -3.76. The SMILES string of the molecule is CSC(CO)Cc1cc(S(=O)(=O)N2CCC(Nc3ncc(OC(F)F)cn3)CC2)ccc1C#N. The standard InChI is InChI=1S/C21H25F2N5O4S2/c1-33-18(13-29)8-15-9-19(3-2-14(15)10-24)34(30,31)28-6-4-16(5-7-28)27-21-25-11-17(12-26-21)32-20(22)23/h2-3,9,11-12,16,18,20,29H,4-8,13H2,1H3,(H,25,26,27). The molecule has 0 aliphatic carbocycles. The molecule has 2 aromatic rings. The lowest BCUT2D eigenvalue weighted by Crippen LogP contribution is -2.42. The van der Waals surface area contributed by atoms with E-state index in [1.54, 1.807) is 0 Å². The van der Waals surface area contributed by atoms with Crippen LogP contribution in [0.1, 0.15) is 24.0 Å². The molecule has 34 heavy (non-hydrogen) atoms. The normalized spacial score (nSPS) is 16.2. The molecule has 1 aromatic carbocycles. The van der Waals surface area contributed by atoms with Crippen LogP contribution >= 0.6 is 11.8 Å². The number of nitrogens with zero attached hydrogens (tertiary/aromatic N) is 4. The van der Waals surface area contributed by atoms with Crippen molar-refractivity contribution in [3.63, 3.8) is 0 Å². The summed E-state index contributed by atoms with van der Waals surface area (Å²) in [5.74, 6) is 0.0953. The first-order valence-electron chi connectivity index (χ1n) is 10.5. The number of piperidine rings is 1. The molecule has 0 spiro atoms. The number of anilines is 1. The van der Waals surface area contributed by atoms with E-state index < -0.39 is 16.6 Å². The minimum absolute atomic E-state index is 0.0742. The first kappa shape index (κ1) is 26.1. The third kappa shape index (κ3) is 6.53. The molecule has 0 saturated carbocycles. The number of halogens is 2. The van der Waals surface area contributed by atoms with Gasteiger partial charge in [-0.25, -0.2) is 18.4 Å². The molecular weight excluding hydrogens is 488 g/mol. The maximum absolute atomic E-state index is 13.2. The quantitative estimate of drug-likeness (QED) is 0.492. The van der Waals surface area contributed by atoms with Crippen LogP contribution in [-0.2, 0) is 16.4 Å². The van der Waals surface area contributed by atoms with Crippen molar-refractivity contribution >= 4 is 27.7 Å². The zero-order chi connectivity index (χ0) is 24.7. The number of hydrogen-bond acceptors (Lipinski definition) is 9. The molecule has 1 atom stereocenters. The highest BCUT2D eigenvalue weighted by atomic mass is 32.2. The summed E-state index contributed by atoms with van der Waals surface area (Å²) < 4.78 is 56.5. The minimum Gasteiger partial charge on any atom is -0.432 e. The third-order valence-corrected chi connectivity index (χ3v) is 8.34. The predicted octanol–water partition coefficient (Wildman–Crippen LogP) is 2.48. The Hall–Kier alpha value is -2.53. The lowest BCUT2D eigenvalue weighted by atomic mass is 10.0. The van der Waals surface area contributed by atoms with Gasteiger partial charge in [-0.05, 0) is 49.3 Å². The fourth-order valence-electron chi connectivity index (χ4n) is 3.60. The van der Waals surface area contributed by atoms with Crippen molar-refractivity contribution in [1.82, 2.24) is 14.3 Å². The van der Waals surface area contributed by atoms with Crippen LogP contribution in [-0.4, -0.2) is 71.7 Å². The first-order chi connectivity index (χ1) is 16.3. The topological polar surface area (TPSA) is 128 Å². The maximum atomic E-state index is 13.2. The number of sulfonamides is 1. The molecule has 2 heterocycles. The van der Waals surface area contributed by atoms with Crippen LogP contribution in [0.15, 0.2) is 35.5 Å². The number of benzene rings is 1. The molecule has 1 aliphatic heterocycles. The highest BCUT2D eigenvalue weighted by molar-refractivity contribution is 7.99. The summed E-state index contributed by atoms with van der Waals surface area (Å²) in [6, 6.07) is 6.46. The van der Waals surface area contributed by atoms with E-state index in [1.165, 1.54) is 34.3 Å². The number of alkyl halides is 2. The first-order valence-corrected chi connectivity index (χ1v) is 13.2. The van der Waals surface area contributed by atoms with Crippen LogP contribution < -0.4 is 10.1 Å². The number of thioether (sulfide) groups is 1. The van der Waals surface area contributed by atoms with Crippen molar-refractivity contribution < 1.29 is 27.0 Å². The minimum atomic E-state index is -3.76. The molecular formula is C21H25F2N5O4S2. The maximum Gasteiger partial charge on any atom is 0.387 e. The van der Waals surface area contributed by atoms with Crippen LogP contribution in [0.3, 0.4) is 0 Å². The second-order valence-corrected chi connectivity index (χ2v) is 10.7. The molecule has 1 aromatic heterocycles. The van der Waals surface area contributed by atoms with E-state index in [1.807, 2.05) is 6.26 Å². The number of hydrogen-bond donors (Lipinski definition) is 2. The Bertz CT molecular complexity index is 1100. The Labute approximate surface area is 201 Å². The van der Waals surface area contributed by atoms with Gasteiger partial charge >= 0.3 is 6.61 Å². The average Bonchev–Trinajstić information content (AvgIpc) is 2.83. The number of ether oxygens (including phenoxy) is 1. The molecule has 1 aliphatic rings. The van der Waals surface area contributed by atoms with Crippen molar-refractivity contribution in [1.29, 1.82) is 5.26 Å². The van der Waals surface area contributed by atoms with Gasteiger partial charge in [-0.3, -0.25) is 0 Å². The Kier molecular flexibility index (Phi) is 9.01. The summed E-state index contributed by atoms with van der Waals surface area (Å²) in [6.07, 6.45) is 5.52. The van der Waals surface area contributed by atoms with Gasteiger partial charge in [-0.2, -0.15) is 30.1 Å². The van der Waals surface area contributed by atoms with Crippen LogP contribution in [0.25, 0.3) is 0 Å². The van der Waals surface area contributed by atoms with Gasteiger partial charge in [0.2, 0.25) is 16.0 Å². The second kappa shape index (κ2) is 11.7. The number of aliphatic hydroxyl groups is 1. The van der Waals surface area contributed by atoms with Gasteiger partial charge in [0.15, 0.2) is 5.75 Å². The summed E-state index contributed by atoms with van der Waals surface area (Å²) in [4.78, 5) is 8.01. The van der Waals surface area contributed by atoms with Gasteiger partial charge in [0.25, 0.3) is 0 Å². The van der Waals surface area contributed by atoms with Gasteiger partial charge in [0.1, 0.15) is 0 Å². The van der Waals surface area contributed by atoms with Crippen molar-refractivity contribution in [2.75, 3.05) is 31.3 Å². The van der Waals surface area contributed by atoms with E-state index in [0.29, 0.717) is 30.4 Å². The molecule has 0 bridgehead atoms. The summed E-state index contributed by atoms with van der Waals surface area (Å²) in [5, 5.41) is 21.8. The highest BCUT2D eigenvalue weighted by Gasteiger charge is 2.30. The van der Waals surface area contributed by atoms with E-state index in [-0.39, 0.29) is 47.6 Å². The lowest BCUT2D eigenvalue weighted by Gasteiger charge is -2.31. The van der Waals surface area contributed by atoms with Crippen LogP contribution in [0.5, 0.6) is 5.75 Å². The number of rotatable bonds is 10. The molecule has 3 rings (SSSR count).